The molecule has 2 aromatic rings. The molecule has 0 amide bonds. The van der Waals surface area contributed by atoms with Crippen LogP contribution in [0.1, 0.15) is 24.7 Å². The third kappa shape index (κ3) is 2.94. The minimum atomic E-state index is -0.229. The predicted octanol–water partition coefficient (Wildman–Crippen LogP) is 3.79. The summed E-state index contributed by atoms with van der Waals surface area (Å²) < 4.78 is 15.7. The van der Waals surface area contributed by atoms with E-state index in [1.165, 1.54) is 6.07 Å². The Morgan fingerprint density at radius 2 is 2.24 bits per heavy atom. The van der Waals surface area contributed by atoms with Crippen molar-refractivity contribution in [1.82, 2.24) is 9.55 Å². The van der Waals surface area contributed by atoms with Crippen molar-refractivity contribution in [2.45, 2.75) is 26.3 Å². The minimum absolute atomic E-state index is 0.229. The number of imidazole rings is 1. The van der Waals surface area contributed by atoms with Crippen molar-refractivity contribution in [1.29, 1.82) is 0 Å². The second kappa shape index (κ2) is 5.45. The van der Waals surface area contributed by atoms with Crippen LogP contribution < -0.4 is 0 Å². The topological polar surface area (TPSA) is 17.8 Å². The maximum Gasteiger partial charge on any atom is 0.137 e. The highest BCUT2D eigenvalue weighted by molar-refractivity contribution is 9.10. The zero-order valence-electron chi connectivity index (χ0n) is 9.66. The number of hydrogen-bond donors (Lipinski definition) is 0. The van der Waals surface area contributed by atoms with Gasteiger partial charge in [0.2, 0.25) is 0 Å². The van der Waals surface area contributed by atoms with Crippen molar-refractivity contribution in [3.8, 4) is 0 Å². The molecule has 4 heteroatoms. The first-order valence-electron chi connectivity index (χ1n) is 5.64. The Bertz CT molecular complexity index is 508. The average molecular weight is 297 g/mol. The molecule has 2 nitrogen and oxygen atoms in total. The first-order valence-corrected chi connectivity index (χ1v) is 6.44. The molecule has 1 aromatic carbocycles. The lowest BCUT2D eigenvalue weighted by molar-refractivity contribution is 0.618. The van der Waals surface area contributed by atoms with Crippen LogP contribution in [0, 0.1) is 5.82 Å². The minimum Gasteiger partial charge on any atom is -0.331 e. The van der Waals surface area contributed by atoms with Gasteiger partial charge in [-0.2, -0.15) is 0 Å². The van der Waals surface area contributed by atoms with Gasteiger partial charge in [-0.3, -0.25) is 0 Å². The van der Waals surface area contributed by atoms with Crippen molar-refractivity contribution in [3.63, 3.8) is 0 Å². The summed E-state index contributed by atoms with van der Waals surface area (Å²) in [5.41, 5.74) is 1.06. The molecule has 0 fully saturated rings. The molecule has 0 radical (unpaired) electrons. The van der Waals surface area contributed by atoms with Gasteiger partial charge in [0.25, 0.3) is 0 Å². The molecule has 0 N–H and O–H groups in total. The molecular weight excluding hydrogens is 283 g/mol. The molecule has 17 heavy (non-hydrogen) atoms. The van der Waals surface area contributed by atoms with Gasteiger partial charge in [0.1, 0.15) is 11.6 Å². The lowest BCUT2D eigenvalue weighted by atomic mass is 10.2. The number of aromatic nitrogens is 2. The van der Waals surface area contributed by atoms with E-state index in [0.717, 1.165) is 30.8 Å². The lowest BCUT2D eigenvalue weighted by Crippen LogP contribution is -2.04. The number of hydrogen-bond acceptors (Lipinski definition) is 1. The molecule has 0 atom stereocenters. The van der Waals surface area contributed by atoms with E-state index in [9.17, 15) is 4.39 Å². The lowest BCUT2D eigenvalue weighted by Gasteiger charge is -2.08. The molecule has 0 unspecified atom stereocenters. The maximum atomic E-state index is 13.1. The summed E-state index contributed by atoms with van der Waals surface area (Å²) >= 11 is 3.20. The van der Waals surface area contributed by atoms with Crippen molar-refractivity contribution in [2.24, 2.45) is 0 Å². The fourth-order valence-corrected chi connectivity index (χ4v) is 2.20. The van der Waals surface area contributed by atoms with Crippen molar-refractivity contribution in [3.05, 3.63) is 52.3 Å². The van der Waals surface area contributed by atoms with Crippen LogP contribution in [0.3, 0.4) is 0 Å². The highest BCUT2D eigenvalue weighted by Crippen LogP contribution is 2.18. The van der Waals surface area contributed by atoms with Gasteiger partial charge in [0, 0.05) is 25.4 Å². The van der Waals surface area contributed by atoms with Crippen LogP contribution in [0.4, 0.5) is 4.39 Å². The molecule has 0 aliphatic rings. The van der Waals surface area contributed by atoms with E-state index in [-0.39, 0.29) is 5.82 Å². The second-order valence-electron chi connectivity index (χ2n) is 3.97. The van der Waals surface area contributed by atoms with Crippen LogP contribution in [0.5, 0.6) is 0 Å². The molecule has 0 aliphatic heterocycles. The number of halogens is 2. The summed E-state index contributed by atoms with van der Waals surface area (Å²) in [4.78, 5) is 4.32. The third-order valence-corrected chi connectivity index (χ3v) is 3.22. The quantitative estimate of drug-likeness (QED) is 0.839. The van der Waals surface area contributed by atoms with E-state index in [1.54, 1.807) is 6.07 Å². The first-order chi connectivity index (χ1) is 8.20. The van der Waals surface area contributed by atoms with E-state index < -0.39 is 0 Å². The molecule has 1 heterocycles. The first kappa shape index (κ1) is 12.3. The summed E-state index contributed by atoms with van der Waals surface area (Å²) in [6, 6.07) is 5.09. The van der Waals surface area contributed by atoms with Gasteiger partial charge < -0.3 is 4.57 Å². The van der Waals surface area contributed by atoms with Crippen LogP contribution in [0.2, 0.25) is 0 Å². The summed E-state index contributed by atoms with van der Waals surface area (Å²) in [5, 5.41) is 0. The Morgan fingerprint density at radius 3 is 2.94 bits per heavy atom. The zero-order chi connectivity index (χ0) is 12.3. The molecule has 2 rings (SSSR count). The van der Waals surface area contributed by atoms with Gasteiger partial charge in [0.05, 0.1) is 4.47 Å². The average Bonchev–Trinajstić information content (AvgIpc) is 2.72. The Hall–Kier alpha value is -1.16. The molecule has 1 aromatic heterocycles. The Labute approximate surface area is 109 Å². The number of nitrogens with zero attached hydrogens (tertiary/aromatic N) is 2. The second-order valence-corrected chi connectivity index (χ2v) is 4.82. The molecule has 90 valence electrons. The van der Waals surface area contributed by atoms with Gasteiger partial charge in [-0.1, -0.05) is 13.0 Å². The monoisotopic (exact) mass is 296 g/mol. The molecular formula is C13H14BrFN2. The molecule has 0 spiro atoms. The van der Waals surface area contributed by atoms with Crippen LogP contribution in [-0.4, -0.2) is 9.55 Å². The standard InChI is InChI=1S/C13H14BrFN2/c1-2-3-13-16-6-7-17(13)9-10-4-5-12(15)11(14)8-10/h4-8H,2-3,9H2,1H3. The SMILES string of the molecule is CCCc1nccn1Cc1ccc(F)c(Br)c1. The van der Waals surface area contributed by atoms with Crippen LogP contribution in [0.15, 0.2) is 35.1 Å². The van der Waals surface area contributed by atoms with Gasteiger partial charge in [-0.15, -0.1) is 0 Å². The number of benzene rings is 1. The Balaban J connectivity index is 2.19. The van der Waals surface area contributed by atoms with Gasteiger partial charge in [-0.25, -0.2) is 9.37 Å². The predicted molar refractivity (Wildman–Crippen MR) is 69.4 cm³/mol. The summed E-state index contributed by atoms with van der Waals surface area (Å²) in [7, 11) is 0. The number of aryl methyl sites for hydroxylation is 1. The Morgan fingerprint density at radius 1 is 1.41 bits per heavy atom. The maximum absolute atomic E-state index is 13.1. The molecule has 0 bridgehead atoms. The normalized spacial score (nSPS) is 10.8. The van der Waals surface area contributed by atoms with Crippen LogP contribution in [0.25, 0.3) is 0 Å². The highest BCUT2D eigenvalue weighted by atomic mass is 79.9. The van der Waals surface area contributed by atoms with Gasteiger partial charge in [0.15, 0.2) is 0 Å². The Kier molecular flexibility index (Phi) is 3.94. The fraction of sp³-hybridized carbons (Fsp3) is 0.308. The number of rotatable bonds is 4. The summed E-state index contributed by atoms with van der Waals surface area (Å²) in [6.45, 7) is 2.86. The van der Waals surface area contributed by atoms with E-state index in [1.807, 2.05) is 18.5 Å². The van der Waals surface area contributed by atoms with Gasteiger partial charge in [-0.05, 0) is 40.0 Å². The fourth-order valence-electron chi connectivity index (χ4n) is 1.77. The van der Waals surface area contributed by atoms with Crippen molar-refractivity contribution >= 4 is 15.9 Å². The van der Waals surface area contributed by atoms with Crippen molar-refractivity contribution < 1.29 is 4.39 Å². The summed E-state index contributed by atoms with van der Waals surface area (Å²) in [6.07, 6.45) is 5.81. The molecule has 0 saturated heterocycles. The van der Waals surface area contributed by atoms with Crippen LogP contribution >= 0.6 is 15.9 Å². The zero-order valence-corrected chi connectivity index (χ0v) is 11.2. The third-order valence-electron chi connectivity index (χ3n) is 2.61. The van der Waals surface area contributed by atoms with Crippen molar-refractivity contribution in [2.75, 3.05) is 0 Å². The van der Waals surface area contributed by atoms with E-state index in [4.69, 9.17) is 0 Å². The van der Waals surface area contributed by atoms with Crippen LogP contribution in [-0.2, 0) is 13.0 Å². The largest absolute Gasteiger partial charge is 0.331 e. The highest BCUT2D eigenvalue weighted by Gasteiger charge is 2.04. The smallest absolute Gasteiger partial charge is 0.137 e. The van der Waals surface area contributed by atoms with E-state index >= 15 is 0 Å². The summed E-state index contributed by atoms with van der Waals surface area (Å²) in [5.74, 6) is 0.848. The van der Waals surface area contributed by atoms with E-state index in [2.05, 4.69) is 32.4 Å². The van der Waals surface area contributed by atoms with E-state index in [0.29, 0.717) is 4.47 Å². The molecule has 0 aliphatic carbocycles. The molecule has 0 saturated carbocycles. The van der Waals surface area contributed by atoms with Gasteiger partial charge >= 0.3 is 0 Å².